The lowest BCUT2D eigenvalue weighted by molar-refractivity contribution is 0.323. The molecule has 0 bridgehead atoms. The van der Waals surface area contributed by atoms with Gasteiger partial charge in [-0.3, -0.25) is 0 Å². The second-order valence-corrected chi connectivity index (χ2v) is 10.1. The molecule has 4 aromatic rings. The van der Waals surface area contributed by atoms with Crippen molar-refractivity contribution in [3.05, 3.63) is 48.2 Å². The maximum absolute atomic E-state index is 9.15. The molecule has 0 atom stereocenters. The van der Waals surface area contributed by atoms with E-state index in [0.717, 1.165) is 48.1 Å². The fraction of sp³-hybridized carbons (Fsp3) is 0.462. The summed E-state index contributed by atoms with van der Waals surface area (Å²) in [5, 5.41) is 30.6. The zero-order valence-electron chi connectivity index (χ0n) is 21.2. The van der Waals surface area contributed by atoms with Gasteiger partial charge in [-0.25, -0.2) is 14.6 Å². The Labute approximate surface area is 210 Å². The molecule has 0 aliphatic heterocycles. The summed E-state index contributed by atoms with van der Waals surface area (Å²) in [5.74, 6) is 1.06. The summed E-state index contributed by atoms with van der Waals surface area (Å²) in [4.78, 5) is 9.10. The van der Waals surface area contributed by atoms with Crippen molar-refractivity contribution in [2.24, 2.45) is 0 Å². The van der Waals surface area contributed by atoms with Gasteiger partial charge >= 0.3 is 0 Å². The number of fused-ring (bicyclic) bond motifs is 1. The molecule has 0 spiro atoms. The Kier molecular flexibility index (Phi) is 6.65. The van der Waals surface area contributed by atoms with Crippen molar-refractivity contribution < 1.29 is 0 Å². The number of aromatic nitrogens is 7. The molecule has 0 saturated heterocycles. The number of nitrogens with zero attached hydrogens (tertiary/aromatic N) is 8. The van der Waals surface area contributed by atoms with Crippen LogP contribution in [0.15, 0.2) is 36.9 Å². The molecule has 1 aliphatic carbocycles. The quantitative estimate of drug-likeness (QED) is 0.402. The minimum atomic E-state index is 0.205. The summed E-state index contributed by atoms with van der Waals surface area (Å²) in [7, 11) is 0. The van der Waals surface area contributed by atoms with Crippen LogP contribution in [0, 0.1) is 11.3 Å². The molecule has 1 saturated carbocycles. The number of hydrogen-bond donors (Lipinski definition) is 2. The topological polar surface area (TPSA) is 122 Å². The average Bonchev–Trinajstić information content (AvgIpc) is 3.51. The van der Waals surface area contributed by atoms with Crippen molar-refractivity contribution in [1.29, 1.82) is 5.26 Å². The van der Waals surface area contributed by atoms with Gasteiger partial charge in [0, 0.05) is 41.7 Å². The number of rotatable bonds is 7. The van der Waals surface area contributed by atoms with Crippen LogP contribution < -0.4 is 10.6 Å². The first-order chi connectivity index (χ1) is 17.4. The summed E-state index contributed by atoms with van der Waals surface area (Å²) >= 11 is 0. The molecule has 4 heterocycles. The van der Waals surface area contributed by atoms with Gasteiger partial charge in [0.1, 0.15) is 11.8 Å². The molecule has 1 aliphatic rings. The first kappa shape index (κ1) is 23.9. The molecule has 0 unspecified atom stereocenters. The van der Waals surface area contributed by atoms with Gasteiger partial charge in [-0.15, -0.1) is 5.10 Å². The number of hydrogen-bond acceptors (Lipinski definition) is 8. The Morgan fingerprint density at radius 2 is 1.81 bits per heavy atom. The van der Waals surface area contributed by atoms with Crippen molar-refractivity contribution >= 4 is 16.7 Å². The van der Waals surface area contributed by atoms with Gasteiger partial charge in [-0.05, 0) is 45.6 Å². The minimum Gasteiger partial charge on any atom is -0.381 e. The molecule has 0 radical (unpaired) electrons. The van der Waals surface area contributed by atoms with Crippen LogP contribution in [0.4, 0.5) is 5.69 Å². The van der Waals surface area contributed by atoms with E-state index in [-0.39, 0.29) is 6.04 Å². The van der Waals surface area contributed by atoms with Crippen LogP contribution >= 0.6 is 0 Å². The first-order valence-electron chi connectivity index (χ1n) is 12.6. The molecule has 10 nitrogen and oxygen atoms in total. The average molecular weight is 485 g/mol. The molecule has 2 N–H and O–H groups in total. The van der Waals surface area contributed by atoms with E-state index >= 15 is 0 Å². The Morgan fingerprint density at radius 1 is 1.00 bits per heavy atom. The van der Waals surface area contributed by atoms with E-state index in [4.69, 9.17) is 5.26 Å². The van der Waals surface area contributed by atoms with Gasteiger partial charge < -0.3 is 10.6 Å². The fourth-order valence-electron chi connectivity index (χ4n) is 4.92. The zero-order chi connectivity index (χ0) is 25.2. The van der Waals surface area contributed by atoms with Crippen molar-refractivity contribution in [2.45, 2.75) is 77.4 Å². The smallest absolute Gasteiger partial charge is 0.164 e. The summed E-state index contributed by atoms with van der Waals surface area (Å²) in [6.07, 6.45) is 11.6. The Hall–Kier alpha value is -3.84. The van der Waals surface area contributed by atoms with Crippen LogP contribution in [0.5, 0.6) is 0 Å². The van der Waals surface area contributed by atoms with E-state index in [1.54, 1.807) is 29.3 Å². The van der Waals surface area contributed by atoms with Gasteiger partial charge in [0.25, 0.3) is 0 Å². The number of nitrogens with one attached hydrogen (secondary N) is 2. The Morgan fingerprint density at radius 3 is 2.53 bits per heavy atom. The van der Waals surface area contributed by atoms with E-state index in [9.17, 15) is 0 Å². The molecule has 1 fully saturated rings. The Balaban J connectivity index is 1.42. The molecule has 10 heteroatoms. The predicted molar refractivity (Wildman–Crippen MR) is 138 cm³/mol. The predicted octanol–water partition coefficient (Wildman–Crippen LogP) is 4.11. The number of pyridine rings is 2. The van der Waals surface area contributed by atoms with Crippen molar-refractivity contribution in [3.8, 4) is 17.6 Å². The van der Waals surface area contributed by atoms with Gasteiger partial charge in [0.05, 0.1) is 35.5 Å². The summed E-state index contributed by atoms with van der Waals surface area (Å²) in [5.41, 5.74) is 3.90. The van der Waals surface area contributed by atoms with Crippen molar-refractivity contribution in [2.75, 3.05) is 5.32 Å². The van der Waals surface area contributed by atoms with Gasteiger partial charge in [0.15, 0.2) is 11.5 Å². The monoisotopic (exact) mass is 484 g/mol. The fourth-order valence-corrected chi connectivity index (χ4v) is 4.92. The van der Waals surface area contributed by atoms with Crippen LogP contribution in [0.25, 0.3) is 22.5 Å². The van der Waals surface area contributed by atoms with E-state index in [2.05, 4.69) is 69.8 Å². The molecule has 36 heavy (non-hydrogen) atoms. The highest BCUT2D eigenvalue weighted by Gasteiger charge is 2.25. The normalized spacial score (nSPS) is 18.1. The molecule has 0 amide bonds. The molecule has 4 aromatic heterocycles. The largest absolute Gasteiger partial charge is 0.381 e. The van der Waals surface area contributed by atoms with Gasteiger partial charge in [0.2, 0.25) is 0 Å². The minimum absolute atomic E-state index is 0.205. The van der Waals surface area contributed by atoms with Gasteiger partial charge in [-0.1, -0.05) is 19.1 Å². The molecular formula is C26H32N10. The highest BCUT2D eigenvalue weighted by Crippen LogP contribution is 2.33. The van der Waals surface area contributed by atoms with E-state index in [1.165, 1.54) is 0 Å². The molecular weight excluding hydrogens is 452 g/mol. The van der Waals surface area contributed by atoms with Crippen molar-refractivity contribution in [1.82, 2.24) is 40.1 Å². The third-order valence-corrected chi connectivity index (χ3v) is 6.54. The first-order valence-corrected chi connectivity index (χ1v) is 12.6. The zero-order valence-corrected chi connectivity index (χ0v) is 21.2. The molecule has 186 valence electrons. The third kappa shape index (κ3) is 4.93. The maximum atomic E-state index is 9.15. The maximum Gasteiger partial charge on any atom is 0.164 e. The van der Waals surface area contributed by atoms with Crippen LogP contribution in [-0.2, 0) is 0 Å². The third-order valence-electron chi connectivity index (χ3n) is 6.54. The highest BCUT2D eigenvalue weighted by molar-refractivity contribution is 5.77. The van der Waals surface area contributed by atoms with E-state index in [1.807, 2.05) is 16.9 Å². The molecule has 0 aromatic carbocycles. The van der Waals surface area contributed by atoms with Crippen molar-refractivity contribution in [3.63, 3.8) is 0 Å². The van der Waals surface area contributed by atoms with E-state index in [0.29, 0.717) is 35.0 Å². The van der Waals surface area contributed by atoms with Crippen LogP contribution in [-0.4, -0.2) is 52.9 Å². The second-order valence-electron chi connectivity index (χ2n) is 10.1. The van der Waals surface area contributed by atoms with E-state index < -0.39 is 0 Å². The standard InChI is InChI=1S/C26H32N10/c1-16(2)31-21-7-5-19(6-8-21)23-15-35(34-33-23)24-14-28-25(10-22(24)32-17(3)4)36-26-20(13-30-36)9-18(11-27)12-29-26/h9-10,12-17,19,21,31H,5-8H2,1-4H3,(H,28,32). The number of anilines is 1. The lowest BCUT2D eigenvalue weighted by Crippen LogP contribution is -2.37. The van der Waals surface area contributed by atoms with Gasteiger partial charge in [-0.2, -0.15) is 15.0 Å². The molecule has 5 rings (SSSR count). The lowest BCUT2D eigenvalue weighted by Gasteiger charge is -2.29. The lowest BCUT2D eigenvalue weighted by atomic mass is 9.84. The Bertz CT molecular complexity index is 1390. The summed E-state index contributed by atoms with van der Waals surface area (Å²) in [6.45, 7) is 8.59. The van der Waals surface area contributed by atoms with Crippen LogP contribution in [0.2, 0.25) is 0 Å². The summed E-state index contributed by atoms with van der Waals surface area (Å²) < 4.78 is 3.50. The highest BCUT2D eigenvalue weighted by atomic mass is 15.4. The summed E-state index contributed by atoms with van der Waals surface area (Å²) in [6, 6.07) is 7.15. The second kappa shape index (κ2) is 10.0. The van der Waals surface area contributed by atoms with Crippen LogP contribution in [0.3, 0.4) is 0 Å². The SMILES string of the molecule is CC(C)Nc1cc(-n2ncc3cc(C#N)cnc32)ncc1-n1cc(C2CCC(NC(C)C)CC2)nn1. The number of nitriles is 1. The van der Waals surface area contributed by atoms with Crippen LogP contribution in [0.1, 0.15) is 70.6 Å².